The fourth-order valence-electron chi connectivity index (χ4n) is 5.81. The van der Waals surface area contributed by atoms with Crippen LogP contribution in [-0.2, 0) is 11.2 Å². The van der Waals surface area contributed by atoms with Gasteiger partial charge >= 0.3 is 0 Å². The minimum atomic E-state index is -0.553. The van der Waals surface area contributed by atoms with E-state index in [1.807, 2.05) is 0 Å². The highest BCUT2D eigenvalue weighted by atomic mass is 79.9. The summed E-state index contributed by atoms with van der Waals surface area (Å²) in [5.74, 6) is 0.0959. The molecule has 3 aliphatic carbocycles. The van der Waals surface area contributed by atoms with Crippen LogP contribution in [0.4, 0.5) is 4.39 Å². The van der Waals surface area contributed by atoms with E-state index in [9.17, 15) is 14.6 Å². The summed E-state index contributed by atoms with van der Waals surface area (Å²) in [5.41, 5.74) is 1.86. The van der Waals surface area contributed by atoms with Crippen LogP contribution in [0.2, 0.25) is 0 Å². The summed E-state index contributed by atoms with van der Waals surface area (Å²) in [7, 11) is 1.71. The lowest BCUT2D eigenvalue weighted by molar-refractivity contribution is -0.0924. The van der Waals surface area contributed by atoms with Crippen LogP contribution < -0.4 is 0 Å². The Bertz CT molecular complexity index is 666. The summed E-state index contributed by atoms with van der Waals surface area (Å²) in [5, 5.41) is 20.4. The van der Waals surface area contributed by atoms with E-state index in [-0.39, 0.29) is 34.1 Å². The minimum Gasteiger partial charge on any atom is -0.505 e. The third-order valence-corrected chi connectivity index (χ3v) is 7.86. The zero-order chi connectivity index (χ0) is 17.2. The standard InChI is InChI=1S/C19H24BrFO3/c1-19-8-16(24-2)17-10(12(19)7-13(20)18(19)23)4-3-9-5-15(22)14(21)6-11(9)17/h5-6,10,12-13,16-18,22-23H,3-4,7-8H2,1-2H3/t10-,12-,13+,16-,17-,18-,19-/m0/s1. The Hall–Kier alpha value is -0.650. The molecule has 1 aromatic rings. The number of aromatic hydroxyl groups is 1. The number of hydrogen-bond donors (Lipinski definition) is 2. The highest BCUT2D eigenvalue weighted by molar-refractivity contribution is 9.09. The van der Waals surface area contributed by atoms with Gasteiger partial charge in [0.15, 0.2) is 11.6 Å². The number of fused-ring (bicyclic) bond motifs is 5. The van der Waals surface area contributed by atoms with Gasteiger partial charge in [-0.1, -0.05) is 22.9 Å². The number of halogens is 2. The summed E-state index contributed by atoms with van der Waals surface area (Å²) in [4.78, 5) is 0.113. The number of methoxy groups -OCH3 is 1. The van der Waals surface area contributed by atoms with Gasteiger partial charge in [0, 0.05) is 23.3 Å². The zero-order valence-electron chi connectivity index (χ0n) is 14.0. The van der Waals surface area contributed by atoms with Crippen LogP contribution in [0.15, 0.2) is 12.1 Å². The largest absolute Gasteiger partial charge is 0.505 e. The van der Waals surface area contributed by atoms with Crippen molar-refractivity contribution >= 4 is 15.9 Å². The summed E-state index contributed by atoms with van der Waals surface area (Å²) in [6.45, 7) is 2.18. The molecule has 2 saturated carbocycles. The number of benzene rings is 1. The topological polar surface area (TPSA) is 49.7 Å². The van der Waals surface area contributed by atoms with Crippen LogP contribution in [0.1, 0.15) is 43.2 Å². The first-order chi connectivity index (χ1) is 11.4. The predicted octanol–water partition coefficient (Wildman–Crippen LogP) is 3.75. The molecule has 24 heavy (non-hydrogen) atoms. The number of phenols is 1. The zero-order valence-corrected chi connectivity index (χ0v) is 15.6. The molecule has 7 atom stereocenters. The first kappa shape index (κ1) is 16.8. The van der Waals surface area contributed by atoms with Gasteiger partial charge in [-0.05, 0) is 60.8 Å². The van der Waals surface area contributed by atoms with Gasteiger partial charge in [0.2, 0.25) is 0 Å². The van der Waals surface area contributed by atoms with Crippen LogP contribution in [0, 0.1) is 23.1 Å². The molecule has 4 rings (SSSR count). The molecule has 2 fully saturated rings. The average molecular weight is 399 g/mol. The molecule has 1 aromatic carbocycles. The van der Waals surface area contributed by atoms with Gasteiger partial charge in [-0.3, -0.25) is 0 Å². The highest BCUT2D eigenvalue weighted by Gasteiger charge is 2.60. The van der Waals surface area contributed by atoms with Crippen LogP contribution in [0.3, 0.4) is 0 Å². The maximum absolute atomic E-state index is 14.0. The van der Waals surface area contributed by atoms with Crippen LogP contribution >= 0.6 is 15.9 Å². The van der Waals surface area contributed by atoms with Crippen LogP contribution in [-0.4, -0.2) is 34.4 Å². The average Bonchev–Trinajstić information content (AvgIpc) is 2.78. The van der Waals surface area contributed by atoms with E-state index in [1.54, 1.807) is 13.2 Å². The molecule has 0 aliphatic heterocycles. The Morgan fingerprint density at radius 2 is 2.12 bits per heavy atom. The number of aliphatic hydroxyl groups excluding tert-OH is 1. The van der Waals surface area contributed by atoms with Gasteiger partial charge in [-0.2, -0.15) is 0 Å². The lowest BCUT2D eigenvalue weighted by Crippen LogP contribution is -2.51. The number of ether oxygens (including phenoxy) is 1. The Labute approximate surface area is 150 Å². The first-order valence-electron chi connectivity index (χ1n) is 8.73. The van der Waals surface area contributed by atoms with Crippen molar-refractivity contribution in [1.29, 1.82) is 0 Å². The molecule has 0 saturated heterocycles. The van der Waals surface area contributed by atoms with Crippen molar-refractivity contribution in [2.24, 2.45) is 17.3 Å². The van der Waals surface area contributed by atoms with E-state index in [0.717, 1.165) is 36.8 Å². The predicted molar refractivity (Wildman–Crippen MR) is 93.0 cm³/mol. The molecule has 3 nitrogen and oxygen atoms in total. The first-order valence-corrected chi connectivity index (χ1v) is 9.64. The molecule has 132 valence electrons. The van der Waals surface area contributed by atoms with Gasteiger partial charge in [-0.15, -0.1) is 0 Å². The normalized spacial score (nSPS) is 43.9. The smallest absolute Gasteiger partial charge is 0.165 e. The van der Waals surface area contributed by atoms with Gasteiger partial charge in [0.25, 0.3) is 0 Å². The molecule has 5 heteroatoms. The number of alkyl halides is 1. The van der Waals surface area contributed by atoms with Crippen molar-refractivity contribution in [3.05, 3.63) is 29.1 Å². The van der Waals surface area contributed by atoms with Crippen molar-refractivity contribution in [1.82, 2.24) is 0 Å². The molecule has 0 bridgehead atoms. The fourth-order valence-corrected chi connectivity index (χ4v) is 6.81. The van der Waals surface area contributed by atoms with E-state index in [4.69, 9.17) is 4.74 Å². The van der Waals surface area contributed by atoms with Crippen molar-refractivity contribution in [2.75, 3.05) is 7.11 Å². The summed E-state index contributed by atoms with van der Waals surface area (Å²) >= 11 is 3.66. The lowest BCUT2D eigenvalue weighted by atomic mass is 9.54. The molecule has 0 amide bonds. The second kappa shape index (κ2) is 5.68. The maximum Gasteiger partial charge on any atom is 0.165 e. The number of rotatable bonds is 1. The molecule has 0 unspecified atom stereocenters. The minimum absolute atomic E-state index is 0.0355. The van der Waals surface area contributed by atoms with E-state index in [0.29, 0.717) is 11.8 Å². The third-order valence-electron chi connectivity index (χ3n) is 6.98. The summed E-state index contributed by atoms with van der Waals surface area (Å²) in [6.07, 6.45) is 3.16. The summed E-state index contributed by atoms with van der Waals surface area (Å²) in [6, 6.07) is 3.09. The van der Waals surface area contributed by atoms with E-state index in [2.05, 4.69) is 22.9 Å². The Morgan fingerprint density at radius 3 is 2.83 bits per heavy atom. The molecular weight excluding hydrogens is 375 g/mol. The van der Waals surface area contributed by atoms with Gasteiger partial charge in [0.05, 0.1) is 12.2 Å². The second-order valence-electron chi connectivity index (χ2n) is 8.02. The number of phenolic OH excluding ortho intramolecular Hbond substituents is 1. The number of aliphatic hydroxyl groups is 1. The monoisotopic (exact) mass is 398 g/mol. The third kappa shape index (κ3) is 2.20. The van der Waals surface area contributed by atoms with Crippen LogP contribution in [0.25, 0.3) is 0 Å². The molecule has 2 N–H and O–H groups in total. The summed E-state index contributed by atoms with van der Waals surface area (Å²) < 4.78 is 19.9. The second-order valence-corrected chi connectivity index (χ2v) is 9.19. The Morgan fingerprint density at radius 1 is 1.38 bits per heavy atom. The molecule has 0 aromatic heterocycles. The van der Waals surface area contributed by atoms with Crippen molar-refractivity contribution in [3.63, 3.8) is 0 Å². The quantitative estimate of drug-likeness (QED) is 0.708. The van der Waals surface area contributed by atoms with Gasteiger partial charge < -0.3 is 14.9 Å². The van der Waals surface area contributed by atoms with E-state index in [1.165, 1.54) is 6.07 Å². The molecule has 0 radical (unpaired) electrons. The highest BCUT2D eigenvalue weighted by Crippen LogP contribution is 2.62. The molecule has 0 spiro atoms. The SMILES string of the molecule is CO[C@H]1C[C@]2(C)[C@@H](O)[C@H](Br)C[C@H]2[C@@H]2CCc3cc(O)c(F)cc3[C@H]21. The van der Waals surface area contributed by atoms with Gasteiger partial charge in [-0.25, -0.2) is 4.39 Å². The lowest BCUT2D eigenvalue weighted by Gasteiger charge is -2.53. The van der Waals surface area contributed by atoms with E-state index >= 15 is 0 Å². The van der Waals surface area contributed by atoms with Crippen molar-refractivity contribution in [2.45, 2.75) is 55.6 Å². The molecule has 0 heterocycles. The van der Waals surface area contributed by atoms with E-state index < -0.39 is 5.82 Å². The molecule has 3 aliphatic rings. The maximum atomic E-state index is 14.0. The fraction of sp³-hybridized carbons (Fsp3) is 0.684. The Kier molecular flexibility index (Phi) is 3.98. The number of aryl methyl sites for hydroxylation is 1. The van der Waals surface area contributed by atoms with Gasteiger partial charge in [0.1, 0.15) is 0 Å². The van der Waals surface area contributed by atoms with Crippen LogP contribution in [0.5, 0.6) is 5.75 Å². The Balaban J connectivity index is 1.80. The van der Waals surface area contributed by atoms with Crippen molar-refractivity contribution < 1.29 is 19.3 Å². The molecular formula is C19H24BrFO3. The number of hydrogen-bond acceptors (Lipinski definition) is 3. The van der Waals surface area contributed by atoms with Crippen molar-refractivity contribution in [3.8, 4) is 5.75 Å².